The Morgan fingerprint density at radius 2 is 2.00 bits per heavy atom. The van der Waals surface area contributed by atoms with E-state index in [1.54, 1.807) is 4.90 Å². The number of hydrazine groups is 1. The van der Waals surface area contributed by atoms with E-state index < -0.39 is 11.8 Å². The van der Waals surface area contributed by atoms with Gasteiger partial charge in [0.15, 0.2) is 0 Å². The molecule has 1 fully saturated rings. The van der Waals surface area contributed by atoms with Crippen molar-refractivity contribution >= 4 is 18.3 Å². The second kappa shape index (κ2) is 10.8. The van der Waals surface area contributed by atoms with E-state index in [1.165, 1.54) is 0 Å². The second-order valence-corrected chi connectivity index (χ2v) is 5.58. The van der Waals surface area contributed by atoms with Crippen LogP contribution in [0.1, 0.15) is 32.6 Å². The molecule has 1 aliphatic rings. The fraction of sp³-hybridized carbons (Fsp3) is 0.786. The molecule has 1 aliphatic heterocycles. The number of piperazine rings is 1. The van der Waals surface area contributed by atoms with Gasteiger partial charge in [-0.2, -0.15) is 0 Å². The molecule has 132 valence electrons. The standard InChI is InChI=1S/C14H27N5O4/c1-2-3-4-5-12(10-19(23)11-20)13(21)16-17-14(22)18-8-6-15-7-9-18/h11-12,15,23H,2-10H2,1H3,(H,16,21)(H,17,22)/t12-/m1/s1. The Morgan fingerprint density at radius 3 is 2.61 bits per heavy atom. The van der Waals surface area contributed by atoms with Crippen molar-refractivity contribution in [3.63, 3.8) is 0 Å². The maximum atomic E-state index is 12.2. The fourth-order valence-corrected chi connectivity index (χ4v) is 2.38. The first-order valence-electron chi connectivity index (χ1n) is 8.04. The second-order valence-electron chi connectivity index (χ2n) is 5.58. The number of amides is 4. The van der Waals surface area contributed by atoms with E-state index in [-0.39, 0.29) is 19.0 Å². The average Bonchev–Trinajstić information content (AvgIpc) is 2.59. The van der Waals surface area contributed by atoms with Crippen LogP contribution in [0.15, 0.2) is 0 Å². The van der Waals surface area contributed by atoms with E-state index >= 15 is 0 Å². The number of hydrogen-bond acceptors (Lipinski definition) is 5. The monoisotopic (exact) mass is 329 g/mol. The molecule has 23 heavy (non-hydrogen) atoms. The summed E-state index contributed by atoms with van der Waals surface area (Å²) in [5.74, 6) is -0.981. The molecule has 0 aromatic rings. The lowest BCUT2D eigenvalue weighted by atomic mass is 10.0. The van der Waals surface area contributed by atoms with Crippen LogP contribution in [0.2, 0.25) is 0 Å². The third-order valence-corrected chi connectivity index (χ3v) is 3.75. The van der Waals surface area contributed by atoms with Gasteiger partial charge < -0.3 is 10.2 Å². The molecule has 1 heterocycles. The van der Waals surface area contributed by atoms with Crippen molar-refractivity contribution in [3.8, 4) is 0 Å². The van der Waals surface area contributed by atoms with Crippen molar-refractivity contribution in [2.45, 2.75) is 32.6 Å². The lowest BCUT2D eigenvalue weighted by Crippen LogP contribution is -2.55. The van der Waals surface area contributed by atoms with Crippen molar-refractivity contribution in [1.82, 2.24) is 26.1 Å². The van der Waals surface area contributed by atoms with Crippen LogP contribution in [-0.4, -0.2) is 66.2 Å². The number of nitrogens with zero attached hydrogens (tertiary/aromatic N) is 2. The molecule has 9 heteroatoms. The summed E-state index contributed by atoms with van der Waals surface area (Å²) in [6.45, 7) is 4.56. The van der Waals surface area contributed by atoms with Crippen LogP contribution in [-0.2, 0) is 9.59 Å². The van der Waals surface area contributed by atoms with E-state index in [0.717, 1.165) is 32.4 Å². The summed E-state index contributed by atoms with van der Waals surface area (Å²) in [6, 6.07) is -0.358. The number of nitrogens with one attached hydrogen (secondary N) is 3. The molecule has 0 unspecified atom stereocenters. The first-order valence-corrected chi connectivity index (χ1v) is 8.04. The van der Waals surface area contributed by atoms with Crippen LogP contribution in [0, 0.1) is 5.92 Å². The van der Waals surface area contributed by atoms with Crippen LogP contribution >= 0.6 is 0 Å². The minimum Gasteiger partial charge on any atom is -0.321 e. The molecule has 0 aromatic heterocycles. The number of rotatable bonds is 8. The topological polar surface area (TPSA) is 114 Å². The van der Waals surface area contributed by atoms with Crippen LogP contribution in [0.3, 0.4) is 0 Å². The predicted molar refractivity (Wildman–Crippen MR) is 83.3 cm³/mol. The Morgan fingerprint density at radius 1 is 1.30 bits per heavy atom. The highest BCUT2D eigenvalue weighted by Gasteiger charge is 2.22. The van der Waals surface area contributed by atoms with Gasteiger partial charge in [-0.3, -0.25) is 20.2 Å². The molecule has 0 aromatic carbocycles. The Bertz CT molecular complexity index is 387. The van der Waals surface area contributed by atoms with Gasteiger partial charge in [-0.1, -0.05) is 26.2 Å². The van der Waals surface area contributed by atoms with Crippen molar-refractivity contribution in [2.75, 3.05) is 32.7 Å². The van der Waals surface area contributed by atoms with Crippen LogP contribution in [0.25, 0.3) is 0 Å². The zero-order chi connectivity index (χ0) is 17.1. The highest BCUT2D eigenvalue weighted by molar-refractivity contribution is 5.83. The van der Waals surface area contributed by atoms with Gasteiger partial charge in [0.2, 0.25) is 12.3 Å². The number of carbonyl (C=O) groups excluding carboxylic acids is 3. The van der Waals surface area contributed by atoms with Gasteiger partial charge in [-0.05, 0) is 6.42 Å². The van der Waals surface area contributed by atoms with Crippen molar-refractivity contribution in [1.29, 1.82) is 0 Å². The van der Waals surface area contributed by atoms with Crippen molar-refractivity contribution in [3.05, 3.63) is 0 Å². The minimum atomic E-state index is -0.569. The molecular formula is C14H27N5O4. The number of hydroxylamine groups is 2. The average molecular weight is 329 g/mol. The highest BCUT2D eigenvalue weighted by Crippen LogP contribution is 2.11. The third-order valence-electron chi connectivity index (χ3n) is 3.75. The van der Waals surface area contributed by atoms with E-state index in [2.05, 4.69) is 16.2 Å². The Balaban J connectivity index is 2.43. The van der Waals surface area contributed by atoms with Gasteiger partial charge >= 0.3 is 6.03 Å². The zero-order valence-corrected chi connectivity index (χ0v) is 13.6. The highest BCUT2D eigenvalue weighted by atomic mass is 16.5. The summed E-state index contributed by atoms with van der Waals surface area (Å²) in [4.78, 5) is 36.2. The molecule has 0 spiro atoms. The molecule has 0 aliphatic carbocycles. The van der Waals surface area contributed by atoms with Gasteiger partial charge in [-0.15, -0.1) is 0 Å². The van der Waals surface area contributed by atoms with E-state index in [1.807, 2.05) is 6.92 Å². The predicted octanol–water partition coefficient (Wildman–Crippen LogP) is -0.323. The Labute approximate surface area is 136 Å². The maximum absolute atomic E-state index is 12.2. The Kier molecular flexibility index (Phi) is 9.00. The Hall–Kier alpha value is -1.87. The molecular weight excluding hydrogens is 302 g/mol. The number of hydrogen-bond donors (Lipinski definition) is 4. The smallest absolute Gasteiger partial charge is 0.321 e. The number of unbranched alkanes of at least 4 members (excludes halogenated alkanes) is 2. The third kappa shape index (κ3) is 7.29. The SMILES string of the molecule is CCCCC[C@H](CN(O)C=O)C(=O)NNC(=O)N1CCNCC1. The molecule has 0 radical (unpaired) electrons. The molecule has 0 bridgehead atoms. The lowest BCUT2D eigenvalue weighted by Gasteiger charge is -2.28. The van der Waals surface area contributed by atoms with Crippen molar-refractivity contribution < 1.29 is 19.6 Å². The van der Waals surface area contributed by atoms with E-state index in [0.29, 0.717) is 24.6 Å². The van der Waals surface area contributed by atoms with E-state index in [9.17, 15) is 19.6 Å². The largest absolute Gasteiger partial charge is 0.336 e. The molecule has 1 saturated heterocycles. The molecule has 4 N–H and O–H groups in total. The summed E-state index contributed by atoms with van der Waals surface area (Å²) >= 11 is 0. The summed E-state index contributed by atoms with van der Waals surface area (Å²) in [7, 11) is 0. The molecule has 0 saturated carbocycles. The molecule has 4 amide bonds. The fourth-order valence-electron chi connectivity index (χ4n) is 2.38. The van der Waals surface area contributed by atoms with Crippen LogP contribution in [0.5, 0.6) is 0 Å². The molecule has 9 nitrogen and oxygen atoms in total. The normalized spacial score (nSPS) is 15.7. The van der Waals surface area contributed by atoms with Gasteiger partial charge in [0, 0.05) is 26.2 Å². The van der Waals surface area contributed by atoms with Crippen molar-refractivity contribution in [2.24, 2.45) is 5.92 Å². The molecule has 1 rings (SSSR count). The minimum absolute atomic E-state index is 0.0947. The maximum Gasteiger partial charge on any atom is 0.336 e. The molecule has 1 atom stereocenters. The first-order chi connectivity index (χ1) is 11.1. The van der Waals surface area contributed by atoms with Gasteiger partial charge in [0.05, 0.1) is 12.5 Å². The van der Waals surface area contributed by atoms with Gasteiger partial charge in [0.1, 0.15) is 0 Å². The lowest BCUT2D eigenvalue weighted by molar-refractivity contribution is -0.154. The summed E-state index contributed by atoms with van der Waals surface area (Å²) < 4.78 is 0. The van der Waals surface area contributed by atoms with Gasteiger partial charge in [-0.25, -0.2) is 15.3 Å². The number of carbonyl (C=O) groups is 3. The summed E-state index contributed by atoms with van der Waals surface area (Å²) in [5.41, 5.74) is 4.77. The quantitative estimate of drug-likeness (QED) is 0.211. The van der Waals surface area contributed by atoms with Gasteiger partial charge in [0.25, 0.3) is 0 Å². The summed E-state index contributed by atoms with van der Waals surface area (Å²) in [6.07, 6.45) is 3.58. The van der Waals surface area contributed by atoms with Crippen LogP contribution < -0.4 is 16.2 Å². The summed E-state index contributed by atoms with van der Waals surface area (Å²) in [5, 5.41) is 12.9. The van der Waals surface area contributed by atoms with E-state index in [4.69, 9.17) is 0 Å². The first kappa shape index (κ1) is 19.2. The zero-order valence-electron chi connectivity index (χ0n) is 13.6. The number of urea groups is 1. The van der Waals surface area contributed by atoms with Crippen LogP contribution in [0.4, 0.5) is 4.79 Å².